The molecule has 1 aliphatic heterocycles. The van der Waals surface area contributed by atoms with Crippen molar-refractivity contribution in [2.45, 2.75) is 19.0 Å². The summed E-state index contributed by atoms with van der Waals surface area (Å²) < 4.78 is 51.0. The van der Waals surface area contributed by atoms with E-state index < -0.39 is 12.8 Å². The summed E-state index contributed by atoms with van der Waals surface area (Å²) in [5.74, 6) is 0.750. The Morgan fingerprint density at radius 3 is 2.62 bits per heavy atom. The Morgan fingerprint density at radius 1 is 1.19 bits per heavy atom. The third-order valence-electron chi connectivity index (χ3n) is 2.81. The second kappa shape index (κ2) is 6.80. The first-order chi connectivity index (χ1) is 9.96. The number of benzene rings is 1. The van der Waals surface area contributed by atoms with Gasteiger partial charge in [0.1, 0.15) is 6.61 Å². The van der Waals surface area contributed by atoms with Gasteiger partial charge in [-0.2, -0.15) is 13.2 Å². The van der Waals surface area contributed by atoms with E-state index in [9.17, 15) is 18.0 Å². The predicted octanol–water partition coefficient (Wildman–Crippen LogP) is 3.00. The molecule has 0 amide bonds. The summed E-state index contributed by atoms with van der Waals surface area (Å²) in [6.45, 7) is -0.570. The van der Waals surface area contributed by atoms with Crippen LogP contribution in [0.3, 0.4) is 0 Å². The number of hydrogen-bond donors (Lipinski definition) is 0. The lowest BCUT2D eigenvalue weighted by Gasteiger charge is -2.09. The zero-order valence-electron chi connectivity index (χ0n) is 11.2. The molecule has 0 N–H and O–H groups in total. The minimum absolute atomic E-state index is 0.115. The molecular formula is C14H15F3O4. The van der Waals surface area contributed by atoms with E-state index in [1.54, 1.807) is 18.2 Å². The molecule has 0 aromatic heterocycles. The van der Waals surface area contributed by atoms with Gasteiger partial charge in [-0.15, -0.1) is 0 Å². The molecule has 1 aromatic carbocycles. The number of fused-ring (bicyclic) bond motifs is 1. The summed E-state index contributed by atoms with van der Waals surface area (Å²) in [6.07, 6.45) is -3.74. The van der Waals surface area contributed by atoms with Crippen LogP contribution in [0, 0.1) is 0 Å². The summed E-state index contributed by atoms with van der Waals surface area (Å²) in [5.41, 5.74) is 0.370. The minimum atomic E-state index is -4.38. The number of hydrogen-bond acceptors (Lipinski definition) is 4. The summed E-state index contributed by atoms with van der Waals surface area (Å²) in [4.78, 5) is 11.9. The van der Waals surface area contributed by atoms with Crippen molar-refractivity contribution in [3.63, 3.8) is 0 Å². The Bertz CT molecular complexity index is 499. The number of alkyl halides is 3. The van der Waals surface area contributed by atoms with Crippen LogP contribution in [0.2, 0.25) is 0 Å². The highest BCUT2D eigenvalue weighted by Gasteiger charge is 2.27. The molecule has 116 valence electrons. The number of ether oxygens (including phenoxy) is 3. The summed E-state index contributed by atoms with van der Waals surface area (Å²) >= 11 is 0. The van der Waals surface area contributed by atoms with E-state index in [2.05, 4.69) is 4.74 Å². The third kappa shape index (κ3) is 4.93. The van der Waals surface area contributed by atoms with Gasteiger partial charge < -0.3 is 14.2 Å². The first-order valence-electron chi connectivity index (χ1n) is 6.53. The fourth-order valence-electron chi connectivity index (χ4n) is 1.83. The van der Waals surface area contributed by atoms with Crippen LogP contribution < -0.4 is 9.47 Å². The van der Waals surface area contributed by atoms with Crippen LogP contribution in [0.5, 0.6) is 11.5 Å². The van der Waals surface area contributed by atoms with Crippen molar-refractivity contribution in [3.05, 3.63) is 23.8 Å². The normalized spacial score (nSPS) is 14.6. The molecule has 21 heavy (non-hydrogen) atoms. The quantitative estimate of drug-likeness (QED) is 0.619. The van der Waals surface area contributed by atoms with E-state index in [4.69, 9.17) is 9.47 Å². The maximum atomic E-state index is 11.9. The Labute approximate surface area is 119 Å². The molecule has 4 nitrogen and oxygen atoms in total. The first kappa shape index (κ1) is 15.6. The van der Waals surface area contributed by atoms with Gasteiger partial charge in [0, 0.05) is 18.4 Å². The summed E-state index contributed by atoms with van der Waals surface area (Å²) in [5, 5.41) is 0. The molecular weight excluding hydrogens is 289 g/mol. The molecule has 1 aromatic rings. The van der Waals surface area contributed by atoms with Gasteiger partial charge in [-0.25, -0.2) is 0 Å². The topological polar surface area (TPSA) is 44.8 Å². The molecule has 0 atom stereocenters. The molecule has 0 radical (unpaired) electrons. The van der Waals surface area contributed by atoms with Crippen LogP contribution in [0.1, 0.15) is 23.2 Å². The molecule has 0 fully saturated rings. The Morgan fingerprint density at radius 2 is 1.90 bits per heavy atom. The van der Waals surface area contributed by atoms with E-state index >= 15 is 0 Å². The number of rotatable bonds is 5. The van der Waals surface area contributed by atoms with Crippen molar-refractivity contribution in [3.8, 4) is 11.5 Å². The third-order valence-corrected chi connectivity index (χ3v) is 2.81. The lowest BCUT2D eigenvalue weighted by atomic mass is 10.1. The molecule has 0 bridgehead atoms. The second-order valence-electron chi connectivity index (χ2n) is 4.55. The number of halogens is 3. The molecule has 0 unspecified atom stereocenters. The van der Waals surface area contributed by atoms with Gasteiger partial charge in [-0.3, -0.25) is 4.79 Å². The van der Waals surface area contributed by atoms with Gasteiger partial charge in [0.2, 0.25) is 0 Å². The number of Topliss-reactive ketones (excluding diaryl/α,β-unsaturated/α-hetero) is 1. The monoisotopic (exact) mass is 304 g/mol. The van der Waals surface area contributed by atoms with Gasteiger partial charge in [-0.05, 0) is 18.2 Å². The smallest absolute Gasteiger partial charge is 0.411 e. The lowest BCUT2D eigenvalue weighted by Crippen LogP contribution is -2.18. The molecule has 1 heterocycles. The van der Waals surface area contributed by atoms with Crippen molar-refractivity contribution in [2.24, 2.45) is 0 Å². The van der Waals surface area contributed by atoms with E-state index in [1.807, 2.05) is 0 Å². The molecule has 7 heteroatoms. The first-order valence-corrected chi connectivity index (χ1v) is 6.53. The average molecular weight is 304 g/mol. The van der Waals surface area contributed by atoms with Crippen LogP contribution in [-0.2, 0) is 4.74 Å². The van der Waals surface area contributed by atoms with Crippen molar-refractivity contribution >= 4 is 5.78 Å². The Hall–Kier alpha value is -1.76. The lowest BCUT2D eigenvalue weighted by molar-refractivity contribution is -0.173. The van der Waals surface area contributed by atoms with Gasteiger partial charge >= 0.3 is 6.18 Å². The highest BCUT2D eigenvalue weighted by molar-refractivity contribution is 5.96. The SMILES string of the molecule is O=C(CCOCC(F)(F)F)c1ccc2c(c1)OCCCO2. The molecule has 0 aliphatic carbocycles. The highest BCUT2D eigenvalue weighted by Crippen LogP contribution is 2.30. The van der Waals surface area contributed by atoms with Gasteiger partial charge in [0.15, 0.2) is 17.3 Å². The van der Waals surface area contributed by atoms with Crippen LogP contribution in [-0.4, -0.2) is 38.4 Å². The van der Waals surface area contributed by atoms with Gasteiger partial charge in [0.05, 0.1) is 19.8 Å². The van der Waals surface area contributed by atoms with Crippen LogP contribution in [0.25, 0.3) is 0 Å². The second-order valence-corrected chi connectivity index (χ2v) is 4.55. The van der Waals surface area contributed by atoms with E-state index in [0.29, 0.717) is 30.3 Å². The molecule has 1 aliphatic rings. The standard InChI is InChI=1S/C14H15F3O4/c15-14(16,17)9-19-7-4-11(18)10-2-3-12-13(8-10)21-6-1-5-20-12/h2-3,8H,1,4-7,9H2. The zero-order chi connectivity index (χ0) is 15.3. The Balaban J connectivity index is 1.89. The fraction of sp³-hybridized carbons (Fsp3) is 0.500. The maximum absolute atomic E-state index is 11.9. The van der Waals surface area contributed by atoms with Crippen molar-refractivity contribution in [1.29, 1.82) is 0 Å². The van der Waals surface area contributed by atoms with Crippen LogP contribution in [0.15, 0.2) is 18.2 Å². The van der Waals surface area contributed by atoms with Gasteiger partial charge in [0.25, 0.3) is 0 Å². The Kier molecular flexibility index (Phi) is 5.06. The zero-order valence-corrected chi connectivity index (χ0v) is 11.2. The van der Waals surface area contributed by atoms with E-state index in [0.717, 1.165) is 6.42 Å². The fourth-order valence-corrected chi connectivity index (χ4v) is 1.83. The molecule has 0 saturated carbocycles. The number of carbonyl (C=O) groups is 1. The largest absolute Gasteiger partial charge is 0.490 e. The molecule has 2 rings (SSSR count). The van der Waals surface area contributed by atoms with Gasteiger partial charge in [-0.1, -0.05) is 0 Å². The minimum Gasteiger partial charge on any atom is -0.490 e. The average Bonchev–Trinajstić information content (AvgIpc) is 2.66. The van der Waals surface area contributed by atoms with E-state index in [-0.39, 0.29) is 18.8 Å². The number of ketones is 1. The summed E-state index contributed by atoms with van der Waals surface area (Å²) in [7, 11) is 0. The summed E-state index contributed by atoms with van der Waals surface area (Å²) in [6, 6.07) is 4.75. The van der Waals surface area contributed by atoms with Crippen molar-refractivity contribution in [2.75, 3.05) is 26.4 Å². The highest BCUT2D eigenvalue weighted by atomic mass is 19.4. The molecule has 0 spiro atoms. The van der Waals surface area contributed by atoms with Crippen LogP contribution in [0.4, 0.5) is 13.2 Å². The van der Waals surface area contributed by atoms with Crippen molar-refractivity contribution in [1.82, 2.24) is 0 Å². The van der Waals surface area contributed by atoms with E-state index in [1.165, 1.54) is 0 Å². The number of carbonyl (C=O) groups excluding carboxylic acids is 1. The maximum Gasteiger partial charge on any atom is 0.411 e. The van der Waals surface area contributed by atoms with Crippen molar-refractivity contribution < 1.29 is 32.2 Å². The van der Waals surface area contributed by atoms with Crippen LogP contribution >= 0.6 is 0 Å². The predicted molar refractivity (Wildman–Crippen MR) is 67.9 cm³/mol. The molecule has 0 saturated heterocycles.